The van der Waals surface area contributed by atoms with Crippen LogP contribution in [0.15, 0.2) is 36.4 Å². The second-order valence-corrected chi connectivity index (χ2v) is 18.1. The van der Waals surface area contributed by atoms with E-state index in [0.29, 0.717) is 16.9 Å². The van der Waals surface area contributed by atoms with Crippen LogP contribution in [0.25, 0.3) is 0 Å². The lowest BCUT2D eigenvalue weighted by Gasteiger charge is -2.42. The second kappa shape index (κ2) is 14.1. The Morgan fingerprint density at radius 2 is 1.30 bits per heavy atom. The minimum Gasteiger partial charge on any atom is -0.508 e. The first-order valence-corrected chi connectivity index (χ1v) is 17.8. The number of phenolic OH excluding ortho intramolecular Hbond substituents is 2. The maximum atomic E-state index is 9.81. The molecule has 0 aliphatic heterocycles. The summed E-state index contributed by atoms with van der Waals surface area (Å²) in [5.74, 6) is 0.760. The highest BCUT2D eigenvalue weighted by molar-refractivity contribution is 7.75. The van der Waals surface area contributed by atoms with Crippen LogP contribution >= 0.6 is 12.9 Å². The van der Waals surface area contributed by atoms with E-state index in [-0.39, 0.29) is 5.22 Å². The number of benzene rings is 2. The maximum absolute atomic E-state index is 9.81. The molecule has 0 fully saturated rings. The van der Waals surface area contributed by atoms with Crippen molar-refractivity contribution in [2.45, 2.75) is 123 Å². The van der Waals surface area contributed by atoms with Gasteiger partial charge in [-0.1, -0.05) is 76.5 Å². The first-order valence-electron chi connectivity index (χ1n) is 14.2. The van der Waals surface area contributed by atoms with Crippen LogP contribution in [0.4, 0.5) is 0 Å². The number of aryl methyl sites for hydroxylation is 4. The van der Waals surface area contributed by atoms with Crippen molar-refractivity contribution in [1.82, 2.24) is 0 Å². The van der Waals surface area contributed by atoms with Crippen molar-refractivity contribution in [2.75, 3.05) is 0 Å². The zero-order valence-corrected chi connectivity index (χ0v) is 26.4. The van der Waals surface area contributed by atoms with Crippen LogP contribution in [0.1, 0.15) is 94.4 Å². The van der Waals surface area contributed by atoms with Gasteiger partial charge in [-0.2, -0.15) is 0 Å². The molecule has 0 aliphatic rings. The number of hydrogen-bond donors (Lipinski definition) is 3. The zero-order valence-electron chi connectivity index (χ0n) is 24.5. The Morgan fingerprint density at radius 3 is 1.78 bits per heavy atom. The molecule has 2 rings (SSSR count). The summed E-state index contributed by atoms with van der Waals surface area (Å²) in [5.41, 5.74) is 4.88. The molecule has 2 atom stereocenters. The van der Waals surface area contributed by atoms with Gasteiger partial charge in [-0.15, -0.1) is 0 Å². The summed E-state index contributed by atoms with van der Waals surface area (Å²) in [6, 6.07) is 13.2. The highest BCUT2D eigenvalue weighted by Gasteiger charge is 2.43. The molecule has 0 radical (unpaired) electrons. The normalized spacial score (nSPS) is 15.4. The number of phenols is 2. The third-order valence-corrected chi connectivity index (χ3v) is 14.3. The molecule has 0 heterocycles. The topological polar surface area (TPSA) is 49.7 Å². The fraction of sp³-hybridized carbons (Fsp3) is 0.625. The van der Waals surface area contributed by atoms with E-state index in [1.807, 2.05) is 32.0 Å². The van der Waals surface area contributed by atoms with E-state index < -0.39 is 8.07 Å². The van der Waals surface area contributed by atoms with E-state index in [4.69, 9.17) is 4.18 Å². The summed E-state index contributed by atoms with van der Waals surface area (Å²) < 4.78 is 5.98. The Kier molecular flexibility index (Phi) is 12.1. The van der Waals surface area contributed by atoms with Crippen molar-refractivity contribution < 1.29 is 14.4 Å². The van der Waals surface area contributed by atoms with Gasteiger partial charge >= 0.3 is 0 Å². The quantitative estimate of drug-likeness (QED) is 0.112. The molecule has 0 saturated carbocycles. The fourth-order valence-corrected chi connectivity index (χ4v) is 9.33. The molecule has 37 heavy (non-hydrogen) atoms. The average Bonchev–Trinajstić information content (AvgIpc) is 2.83. The van der Waals surface area contributed by atoms with Crippen LogP contribution in [0.5, 0.6) is 11.5 Å². The van der Waals surface area contributed by atoms with Crippen LogP contribution in [-0.4, -0.2) is 23.5 Å². The molecular formula is C32H52O3SSi. The van der Waals surface area contributed by atoms with Gasteiger partial charge in [0.05, 0.1) is 13.3 Å². The minimum absolute atomic E-state index is 0.155. The maximum Gasteiger partial charge on any atom is 0.118 e. The molecule has 0 aromatic heterocycles. The molecule has 2 aromatic rings. The molecular weight excluding hydrogens is 493 g/mol. The van der Waals surface area contributed by atoms with E-state index in [1.165, 1.54) is 55.7 Å². The molecule has 0 spiro atoms. The van der Waals surface area contributed by atoms with Gasteiger partial charge in [0, 0.05) is 0 Å². The van der Waals surface area contributed by atoms with Crippen molar-refractivity contribution in [3.8, 4) is 11.5 Å². The third-order valence-electron chi connectivity index (χ3n) is 8.96. The summed E-state index contributed by atoms with van der Waals surface area (Å²) in [7, 11) is -1.70. The van der Waals surface area contributed by atoms with Crippen LogP contribution < -0.4 is 0 Å². The molecule has 0 bridgehead atoms. The predicted octanol–water partition coefficient (Wildman–Crippen LogP) is 9.51. The molecule has 5 heteroatoms. The van der Waals surface area contributed by atoms with Gasteiger partial charge in [0.15, 0.2) is 0 Å². The van der Waals surface area contributed by atoms with Crippen LogP contribution in [-0.2, 0) is 17.0 Å². The monoisotopic (exact) mass is 544 g/mol. The smallest absolute Gasteiger partial charge is 0.118 e. The Labute approximate surface area is 233 Å². The van der Waals surface area contributed by atoms with Gasteiger partial charge in [-0.05, 0) is 118 Å². The summed E-state index contributed by atoms with van der Waals surface area (Å²) >= 11 is 4.40. The predicted molar refractivity (Wildman–Crippen MR) is 165 cm³/mol. The first-order chi connectivity index (χ1) is 17.3. The summed E-state index contributed by atoms with van der Waals surface area (Å²) in [5, 5.41) is 19.5. The SMILES string of the molecule is CCCC(C)(CCCc1ccc(O)c(C)c1)CCCC(C)(OS)[Si](C)(C)CCCc1ccc(O)c(C)c1. The Morgan fingerprint density at radius 1 is 0.784 bits per heavy atom. The van der Waals surface area contributed by atoms with Gasteiger partial charge in [-0.3, -0.25) is 0 Å². The molecule has 2 unspecified atom stereocenters. The van der Waals surface area contributed by atoms with Crippen LogP contribution in [0.3, 0.4) is 0 Å². The third kappa shape index (κ3) is 9.37. The highest BCUT2D eigenvalue weighted by Crippen LogP contribution is 2.40. The van der Waals surface area contributed by atoms with Gasteiger partial charge in [0.2, 0.25) is 0 Å². The first kappa shape index (κ1) is 31.8. The van der Waals surface area contributed by atoms with E-state index >= 15 is 0 Å². The molecule has 2 aromatic carbocycles. The van der Waals surface area contributed by atoms with E-state index in [1.54, 1.807) is 0 Å². The number of rotatable bonds is 16. The van der Waals surface area contributed by atoms with Gasteiger partial charge in [0.25, 0.3) is 0 Å². The highest BCUT2D eigenvalue weighted by atomic mass is 32.1. The number of thiol groups is 1. The number of aromatic hydroxyl groups is 2. The van der Waals surface area contributed by atoms with Crippen molar-refractivity contribution in [3.05, 3.63) is 58.7 Å². The average molecular weight is 545 g/mol. The minimum atomic E-state index is -1.70. The van der Waals surface area contributed by atoms with Gasteiger partial charge in [0.1, 0.15) is 11.5 Å². The summed E-state index contributed by atoms with van der Waals surface area (Å²) in [4.78, 5) is 0. The van der Waals surface area contributed by atoms with Crippen LogP contribution in [0.2, 0.25) is 19.1 Å². The largest absolute Gasteiger partial charge is 0.508 e. The Balaban J connectivity index is 1.90. The number of hydrogen-bond acceptors (Lipinski definition) is 4. The standard InChI is InChI=1S/C32H52O3SSi/c1-8-18-31(4,19-9-12-27-14-16-29(33)25(2)23-27)20-11-21-32(5,35-36)37(6,7)22-10-13-28-15-17-30(34)26(3)24-28/h14-17,23-24,33-34,36H,8-13,18-22H2,1-7H3. The lowest BCUT2D eigenvalue weighted by atomic mass is 9.76. The van der Waals surface area contributed by atoms with Crippen molar-refractivity contribution >= 4 is 21.0 Å². The van der Waals surface area contributed by atoms with E-state index in [0.717, 1.165) is 36.8 Å². The Bertz CT molecular complexity index is 992. The van der Waals surface area contributed by atoms with Gasteiger partial charge < -0.3 is 14.4 Å². The fourth-order valence-electron chi connectivity index (χ4n) is 5.80. The summed E-state index contributed by atoms with van der Waals surface area (Å²) in [6.07, 6.45) is 11.6. The molecule has 3 nitrogen and oxygen atoms in total. The molecule has 2 N–H and O–H groups in total. The Hall–Kier alpha value is -1.43. The summed E-state index contributed by atoms with van der Waals surface area (Å²) in [6.45, 7) is 15.9. The van der Waals surface area contributed by atoms with E-state index in [9.17, 15) is 10.2 Å². The van der Waals surface area contributed by atoms with Crippen molar-refractivity contribution in [1.29, 1.82) is 0 Å². The van der Waals surface area contributed by atoms with E-state index in [2.05, 4.69) is 65.0 Å². The lowest BCUT2D eigenvalue weighted by Crippen LogP contribution is -2.52. The van der Waals surface area contributed by atoms with Crippen molar-refractivity contribution in [3.63, 3.8) is 0 Å². The van der Waals surface area contributed by atoms with Gasteiger partial charge in [-0.25, -0.2) is 0 Å². The van der Waals surface area contributed by atoms with Crippen LogP contribution in [0, 0.1) is 19.3 Å². The molecule has 0 amide bonds. The molecule has 208 valence electrons. The molecule has 0 saturated heterocycles. The second-order valence-electron chi connectivity index (χ2n) is 12.6. The lowest BCUT2D eigenvalue weighted by molar-refractivity contribution is 0.166. The zero-order chi connectivity index (χ0) is 27.7. The molecule has 0 aliphatic carbocycles. The van der Waals surface area contributed by atoms with Crippen molar-refractivity contribution in [2.24, 2.45) is 5.41 Å².